The highest BCUT2D eigenvalue weighted by molar-refractivity contribution is 7.07. The molecule has 0 aliphatic carbocycles. The largest absolute Gasteiger partial charge is 0.392 e. The lowest BCUT2D eigenvalue weighted by molar-refractivity contribution is 0.282. The van der Waals surface area contributed by atoms with E-state index in [0.29, 0.717) is 6.54 Å². The second-order valence-corrected chi connectivity index (χ2v) is 4.52. The van der Waals surface area contributed by atoms with E-state index in [1.807, 2.05) is 36.6 Å². The number of aryl methyl sites for hydroxylation is 1. The Labute approximate surface area is 97.6 Å². The molecule has 1 aromatic carbocycles. The van der Waals surface area contributed by atoms with Crippen molar-refractivity contribution in [2.75, 3.05) is 0 Å². The fourth-order valence-electron chi connectivity index (χ4n) is 1.53. The zero-order valence-electron chi connectivity index (χ0n) is 9.01. The van der Waals surface area contributed by atoms with E-state index in [2.05, 4.69) is 0 Å². The van der Waals surface area contributed by atoms with Crippen LogP contribution in [-0.2, 0) is 13.2 Å². The smallest absolute Gasteiger partial charge is 0.307 e. The average molecular weight is 235 g/mol. The van der Waals surface area contributed by atoms with Gasteiger partial charge in [0.25, 0.3) is 0 Å². The van der Waals surface area contributed by atoms with Crippen LogP contribution in [0, 0.1) is 6.92 Å². The summed E-state index contributed by atoms with van der Waals surface area (Å²) in [6.07, 6.45) is 0. The van der Waals surface area contributed by atoms with Gasteiger partial charge >= 0.3 is 4.87 Å². The second kappa shape index (κ2) is 4.63. The van der Waals surface area contributed by atoms with E-state index in [1.54, 1.807) is 4.57 Å². The van der Waals surface area contributed by atoms with Crippen LogP contribution in [0.15, 0.2) is 34.4 Å². The summed E-state index contributed by atoms with van der Waals surface area (Å²) in [4.78, 5) is 11.6. The van der Waals surface area contributed by atoms with Gasteiger partial charge in [-0.05, 0) is 18.1 Å². The van der Waals surface area contributed by atoms with Gasteiger partial charge in [0.2, 0.25) is 0 Å². The van der Waals surface area contributed by atoms with Gasteiger partial charge in [0.1, 0.15) is 0 Å². The number of hydrogen-bond donors (Lipinski definition) is 1. The Bertz CT molecular complexity index is 525. The summed E-state index contributed by atoms with van der Waals surface area (Å²) < 4.78 is 1.75. The number of benzene rings is 1. The molecule has 16 heavy (non-hydrogen) atoms. The van der Waals surface area contributed by atoms with Crippen LogP contribution in [0.2, 0.25) is 0 Å². The number of hydrogen-bond acceptors (Lipinski definition) is 3. The van der Waals surface area contributed by atoms with Gasteiger partial charge in [-0.15, -0.1) is 0 Å². The molecule has 0 atom stereocenters. The minimum absolute atomic E-state index is 0.0533. The maximum absolute atomic E-state index is 11.5. The van der Waals surface area contributed by atoms with Crippen LogP contribution in [0.5, 0.6) is 0 Å². The van der Waals surface area contributed by atoms with Crippen LogP contribution in [0.25, 0.3) is 0 Å². The lowest BCUT2D eigenvalue weighted by Crippen LogP contribution is -2.15. The van der Waals surface area contributed by atoms with E-state index in [9.17, 15) is 4.79 Å². The molecule has 1 heterocycles. The maximum atomic E-state index is 11.5. The van der Waals surface area contributed by atoms with Crippen LogP contribution < -0.4 is 4.87 Å². The monoisotopic (exact) mass is 235 g/mol. The van der Waals surface area contributed by atoms with Gasteiger partial charge in [-0.2, -0.15) is 0 Å². The first-order chi connectivity index (χ1) is 7.70. The fourth-order valence-corrected chi connectivity index (χ4v) is 2.26. The summed E-state index contributed by atoms with van der Waals surface area (Å²) in [6, 6.07) is 7.63. The molecule has 0 aliphatic rings. The highest BCUT2D eigenvalue weighted by Crippen LogP contribution is 2.08. The Kier molecular flexibility index (Phi) is 3.22. The predicted molar refractivity (Wildman–Crippen MR) is 64.8 cm³/mol. The molecular formula is C12H13NO2S. The summed E-state index contributed by atoms with van der Waals surface area (Å²) in [5.41, 5.74) is 2.94. The van der Waals surface area contributed by atoms with Crippen molar-refractivity contribution in [3.63, 3.8) is 0 Å². The van der Waals surface area contributed by atoms with Crippen molar-refractivity contribution in [1.82, 2.24) is 4.57 Å². The molecule has 0 bridgehead atoms. The number of aliphatic hydroxyl groups excluding tert-OH is 1. The van der Waals surface area contributed by atoms with Crippen molar-refractivity contribution < 1.29 is 5.11 Å². The molecule has 84 valence electrons. The third-order valence-electron chi connectivity index (χ3n) is 2.52. The van der Waals surface area contributed by atoms with Crippen molar-refractivity contribution in [2.45, 2.75) is 20.1 Å². The van der Waals surface area contributed by atoms with Crippen molar-refractivity contribution in [3.05, 3.63) is 56.1 Å². The Morgan fingerprint density at radius 2 is 1.88 bits per heavy atom. The maximum Gasteiger partial charge on any atom is 0.307 e. The van der Waals surface area contributed by atoms with E-state index in [-0.39, 0.29) is 11.5 Å². The molecule has 0 spiro atoms. The van der Waals surface area contributed by atoms with E-state index in [0.717, 1.165) is 16.8 Å². The normalized spacial score (nSPS) is 10.6. The molecule has 0 saturated heterocycles. The molecule has 1 N–H and O–H groups in total. The van der Waals surface area contributed by atoms with Gasteiger partial charge in [0, 0.05) is 11.1 Å². The van der Waals surface area contributed by atoms with Crippen LogP contribution in [0.1, 0.15) is 16.8 Å². The first-order valence-electron chi connectivity index (χ1n) is 5.04. The summed E-state index contributed by atoms with van der Waals surface area (Å²) >= 11 is 1.23. The van der Waals surface area contributed by atoms with Crippen molar-refractivity contribution in [3.8, 4) is 0 Å². The highest BCUT2D eigenvalue weighted by atomic mass is 32.1. The van der Waals surface area contributed by atoms with Gasteiger partial charge in [0.15, 0.2) is 0 Å². The Hall–Kier alpha value is -1.39. The topological polar surface area (TPSA) is 42.2 Å². The number of nitrogens with zero attached hydrogens (tertiary/aromatic N) is 1. The lowest BCUT2D eigenvalue weighted by atomic mass is 10.1. The molecular weight excluding hydrogens is 222 g/mol. The first-order valence-corrected chi connectivity index (χ1v) is 5.92. The standard InChI is InChI=1S/C12H13NO2S/c1-9-8-16-12(15)13(9)6-10-2-4-11(7-14)5-3-10/h2-5,8,14H,6-7H2,1H3. The predicted octanol–water partition coefficient (Wildman–Crippen LogP) is 1.76. The molecule has 3 nitrogen and oxygen atoms in total. The van der Waals surface area contributed by atoms with Crippen molar-refractivity contribution >= 4 is 11.3 Å². The van der Waals surface area contributed by atoms with E-state index < -0.39 is 0 Å². The number of aliphatic hydroxyl groups is 1. The minimum Gasteiger partial charge on any atom is -0.392 e. The fraction of sp³-hybridized carbons (Fsp3) is 0.250. The van der Waals surface area contributed by atoms with Gasteiger partial charge in [-0.1, -0.05) is 35.6 Å². The highest BCUT2D eigenvalue weighted by Gasteiger charge is 2.03. The number of rotatable bonds is 3. The van der Waals surface area contributed by atoms with E-state index in [4.69, 9.17) is 5.11 Å². The molecule has 0 radical (unpaired) electrons. The minimum atomic E-state index is 0.0533. The third kappa shape index (κ3) is 2.23. The molecule has 0 unspecified atom stereocenters. The molecule has 0 saturated carbocycles. The van der Waals surface area contributed by atoms with Crippen LogP contribution in [-0.4, -0.2) is 9.67 Å². The molecule has 2 aromatic rings. The summed E-state index contributed by atoms with van der Waals surface area (Å²) in [5.74, 6) is 0. The first kappa shape index (κ1) is 11.1. The Balaban J connectivity index is 2.24. The molecule has 0 fully saturated rings. The van der Waals surface area contributed by atoms with Crippen molar-refractivity contribution in [2.24, 2.45) is 0 Å². The average Bonchev–Trinajstić information content (AvgIpc) is 2.62. The van der Waals surface area contributed by atoms with E-state index in [1.165, 1.54) is 11.3 Å². The van der Waals surface area contributed by atoms with E-state index >= 15 is 0 Å². The summed E-state index contributed by atoms with van der Waals surface area (Å²) in [7, 11) is 0. The van der Waals surface area contributed by atoms with Crippen molar-refractivity contribution in [1.29, 1.82) is 0 Å². The van der Waals surface area contributed by atoms with Crippen LogP contribution in [0.4, 0.5) is 0 Å². The second-order valence-electron chi connectivity index (χ2n) is 3.70. The number of thiazole rings is 1. The zero-order valence-corrected chi connectivity index (χ0v) is 9.83. The van der Waals surface area contributed by atoms with Gasteiger partial charge < -0.3 is 5.11 Å². The molecule has 4 heteroatoms. The third-order valence-corrected chi connectivity index (χ3v) is 3.40. The number of aromatic nitrogens is 1. The summed E-state index contributed by atoms with van der Waals surface area (Å²) in [5, 5.41) is 10.8. The summed E-state index contributed by atoms with van der Waals surface area (Å²) in [6.45, 7) is 2.58. The molecule has 0 aliphatic heterocycles. The van der Waals surface area contributed by atoms with Gasteiger partial charge in [-0.25, -0.2) is 0 Å². The molecule has 2 rings (SSSR count). The van der Waals surface area contributed by atoms with Crippen LogP contribution in [0.3, 0.4) is 0 Å². The SMILES string of the molecule is Cc1csc(=O)n1Cc1ccc(CO)cc1. The van der Waals surface area contributed by atoms with Gasteiger partial charge in [0.05, 0.1) is 13.2 Å². The van der Waals surface area contributed by atoms with Gasteiger partial charge in [-0.3, -0.25) is 9.36 Å². The molecule has 1 aromatic heterocycles. The Morgan fingerprint density at radius 1 is 1.25 bits per heavy atom. The zero-order chi connectivity index (χ0) is 11.5. The van der Waals surface area contributed by atoms with Crippen LogP contribution >= 0.6 is 11.3 Å². The quantitative estimate of drug-likeness (QED) is 0.880. The lowest BCUT2D eigenvalue weighted by Gasteiger charge is -2.05. The Morgan fingerprint density at radius 3 is 2.38 bits per heavy atom. The molecule has 0 amide bonds.